The highest BCUT2D eigenvalue weighted by molar-refractivity contribution is 5.96. The van der Waals surface area contributed by atoms with Crippen LogP contribution in [0.4, 0.5) is 4.39 Å². The van der Waals surface area contributed by atoms with E-state index in [1.807, 2.05) is 0 Å². The van der Waals surface area contributed by atoms with E-state index in [0.29, 0.717) is 0 Å². The predicted octanol–water partition coefficient (Wildman–Crippen LogP) is 0.443. The zero-order valence-electron chi connectivity index (χ0n) is 10.9. The summed E-state index contributed by atoms with van der Waals surface area (Å²) in [4.78, 5) is 23.1. The van der Waals surface area contributed by atoms with Gasteiger partial charge in [0.05, 0.1) is 18.7 Å². The Morgan fingerprint density at radius 2 is 2.05 bits per heavy atom. The third-order valence-corrected chi connectivity index (χ3v) is 2.37. The summed E-state index contributed by atoms with van der Waals surface area (Å²) in [7, 11) is 0. The summed E-state index contributed by atoms with van der Waals surface area (Å²) >= 11 is 0. The van der Waals surface area contributed by atoms with Crippen molar-refractivity contribution in [3.63, 3.8) is 0 Å². The zero-order valence-corrected chi connectivity index (χ0v) is 10.9. The largest absolute Gasteiger partial charge is 0.394 e. The Kier molecular flexibility index (Phi) is 5.00. The minimum Gasteiger partial charge on any atom is -0.394 e. The van der Waals surface area contributed by atoms with Crippen LogP contribution in [0.15, 0.2) is 24.3 Å². The average molecular weight is 268 g/mol. The van der Waals surface area contributed by atoms with Crippen molar-refractivity contribution < 1.29 is 19.1 Å². The first-order valence-corrected chi connectivity index (χ1v) is 5.80. The minimum absolute atomic E-state index is 0.147. The number of amides is 2. The molecule has 104 valence electrons. The lowest BCUT2D eigenvalue weighted by Crippen LogP contribution is -2.49. The van der Waals surface area contributed by atoms with E-state index in [1.165, 1.54) is 18.2 Å². The second-order valence-corrected chi connectivity index (χ2v) is 4.78. The first-order chi connectivity index (χ1) is 8.84. The van der Waals surface area contributed by atoms with Crippen LogP contribution in [0.2, 0.25) is 0 Å². The molecular weight excluding hydrogens is 251 g/mol. The lowest BCUT2D eigenvalue weighted by Gasteiger charge is -2.23. The smallest absolute Gasteiger partial charge is 0.251 e. The van der Waals surface area contributed by atoms with Crippen LogP contribution in [-0.2, 0) is 4.79 Å². The number of hydrogen-bond acceptors (Lipinski definition) is 3. The second-order valence-electron chi connectivity index (χ2n) is 4.78. The fourth-order valence-corrected chi connectivity index (χ4v) is 1.35. The molecule has 0 unspecified atom stereocenters. The minimum atomic E-state index is -0.749. The molecule has 1 aromatic rings. The maximum atomic E-state index is 12.9. The van der Waals surface area contributed by atoms with Gasteiger partial charge in [-0.25, -0.2) is 4.39 Å². The summed E-state index contributed by atoms with van der Waals surface area (Å²) in [6.45, 7) is 2.86. The van der Waals surface area contributed by atoms with Crippen molar-refractivity contribution in [2.45, 2.75) is 19.4 Å². The molecular formula is C13H17FN2O3. The molecule has 1 rings (SSSR count). The fourth-order valence-electron chi connectivity index (χ4n) is 1.35. The number of carbonyl (C=O) groups excluding carboxylic acids is 2. The first kappa shape index (κ1) is 15.1. The van der Waals surface area contributed by atoms with Gasteiger partial charge in [0, 0.05) is 5.56 Å². The molecule has 0 atom stereocenters. The number of halogens is 1. The Morgan fingerprint density at radius 1 is 1.37 bits per heavy atom. The molecule has 1 aromatic carbocycles. The molecule has 19 heavy (non-hydrogen) atoms. The summed E-state index contributed by atoms with van der Waals surface area (Å²) in [6.07, 6.45) is 0. The molecule has 5 nitrogen and oxygen atoms in total. The number of benzene rings is 1. The van der Waals surface area contributed by atoms with Gasteiger partial charge in [-0.1, -0.05) is 6.07 Å². The van der Waals surface area contributed by atoms with E-state index in [-0.39, 0.29) is 18.7 Å². The summed E-state index contributed by atoms with van der Waals surface area (Å²) in [5.74, 6) is -1.47. The molecule has 0 radical (unpaired) electrons. The molecule has 0 aliphatic rings. The first-order valence-electron chi connectivity index (χ1n) is 5.80. The van der Waals surface area contributed by atoms with Crippen molar-refractivity contribution in [2.75, 3.05) is 13.2 Å². The van der Waals surface area contributed by atoms with Crippen molar-refractivity contribution in [3.05, 3.63) is 35.6 Å². The number of aliphatic hydroxyl groups is 1. The lowest BCUT2D eigenvalue weighted by molar-refractivity contribution is -0.122. The summed E-state index contributed by atoms with van der Waals surface area (Å²) in [5.41, 5.74) is -0.602. The number of nitrogens with one attached hydrogen (secondary N) is 2. The van der Waals surface area contributed by atoms with Gasteiger partial charge in [-0.15, -0.1) is 0 Å². The molecule has 0 saturated carbocycles. The fraction of sp³-hybridized carbons (Fsp3) is 0.385. The van der Waals surface area contributed by atoms with E-state index in [2.05, 4.69) is 10.6 Å². The average Bonchev–Trinajstić information content (AvgIpc) is 2.35. The van der Waals surface area contributed by atoms with E-state index >= 15 is 0 Å². The Balaban J connectivity index is 2.49. The molecule has 0 aliphatic heterocycles. The molecule has 0 heterocycles. The summed E-state index contributed by atoms with van der Waals surface area (Å²) < 4.78 is 12.9. The molecule has 0 saturated heterocycles. The van der Waals surface area contributed by atoms with Gasteiger partial charge in [0.2, 0.25) is 5.91 Å². The Morgan fingerprint density at radius 3 is 2.63 bits per heavy atom. The molecule has 0 aliphatic carbocycles. The Hall–Kier alpha value is -1.95. The maximum Gasteiger partial charge on any atom is 0.251 e. The molecule has 2 amide bonds. The van der Waals surface area contributed by atoms with Crippen LogP contribution in [0.1, 0.15) is 24.2 Å². The normalized spacial score (nSPS) is 10.9. The maximum absolute atomic E-state index is 12.9. The number of aliphatic hydroxyl groups excluding tert-OH is 1. The van der Waals surface area contributed by atoms with Crippen molar-refractivity contribution in [3.8, 4) is 0 Å². The van der Waals surface area contributed by atoms with E-state index in [0.717, 1.165) is 6.07 Å². The topological polar surface area (TPSA) is 78.4 Å². The van der Waals surface area contributed by atoms with Crippen LogP contribution < -0.4 is 10.6 Å². The van der Waals surface area contributed by atoms with Crippen LogP contribution >= 0.6 is 0 Å². The van der Waals surface area contributed by atoms with Crippen LogP contribution in [0.25, 0.3) is 0 Å². The number of carbonyl (C=O) groups is 2. The Bertz CT molecular complexity index is 475. The van der Waals surface area contributed by atoms with Gasteiger partial charge in [-0.05, 0) is 32.0 Å². The summed E-state index contributed by atoms with van der Waals surface area (Å²) in [5, 5.41) is 13.9. The van der Waals surface area contributed by atoms with Gasteiger partial charge >= 0.3 is 0 Å². The third-order valence-electron chi connectivity index (χ3n) is 2.37. The van der Waals surface area contributed by atoms with E-state index in [9.17, 15) is 14.0 Å². The number of hydrogen-bond donors (Lipinski definition) is 3. The predicted molar refractivity (Wildman–Crippen MR) is 68.0 cm³/mol. The zero-order chi connectivity index (χ0) is 14.5. The van der Waals surface area contributed by atoms with Gasteiger partial charge in [0.15, 0.2) is 0 Å². The molecule has 0 spiro atoms. The molecule has 0 bridgehead atoms. The van der Waals surface area contributed by atoms with E-state index in [1.54, 1.807) is 13.8 Å². The number of rotatable bonds is 5. The molecule has 6 heteroatoms. The van der Waals surface area contributed by atoms with Crippen LogP contribution in [0, 0.1) is 5.82 Å². The monoisotopic (exact) mass is 268 g/mol. The second kappa shape index (κ2) is 6.29. The molecule has 3 N–H and O–H groups in total. The van der Waals surface area contributed by atoms with E-state index in [4.69, 9.17) is 5.11 Å². The van der Waals surface area contributed by atoms with E-state index < -0.39 is 23.2 Å². The third kappa shape index (κ3) is 5.05. The molecule has 0 fully saturated rings. The SMILES string of the molecule is CC(C)(CO)NC(=O)CNC(=O)c1cccc(F)c1. The van der Waals surface area contributed by atoms with Crippen LogP contribution in [0.3, 0.4) is 0 Å². The Labute approximate surface area is 110 Å². The van der Waals surface area contributed by atoms with Gasteiger partial charge < -0.3 is 15.7 Å². The highest BCUT2D eigenvalue weighted by atomic mass is 19.1. The van der Waals surface area contributed by atoms with Crippen molar-refractivity contribution in [2.24, 2.45) is 0 Å². The van der Waals surface area contributed by atoms with Crippen LogP contribution in [0.5, 0.6) is 0 Å². The lowest BCUT2D eigenvalue weighted by atomic mass is 10.1. The standard InChI is InChI=1S/C13H17FN2O3/c1-13(2,8-17)16-11(18)7-15-12(19)9-4-3-5-10(14)6-9/h3-6,17H,7-8H2,1-2H3,(H,15,19)(H,16,18). The quantitative estimate of drug-likeness (QED) is 0.725. The summed E-state index contributed by atoms with van der Waals surface area (Å²) in [6, 6.07) is 5.19. The van der Waals surface area contributed by atoms with Crippen molar-refractivity contribution in [1.82, 2.24) is 10.6 Å². The van der Waals surface area contributed by atoms with Gasteiger partial charge in [0.1, 0.15) is 5.82 Å². The highest BCUT2D eigenvalue weighted by Crippen LogP contribution is 2.03. The van der Waals surface area contributed by atoms with Gasteiger partial charge in [-0.3, -0.25) is 9.59 Å². The van der Waals surface area contributed by atoms with Crippen molar-refractivity contribution in [1.29, 1.82) is 0 Å². The van der Waals surface area contributed by atoms with Gasteiger partial charge in [0.25, 0.3) is 5.91 Å². The highest BCUT2D eigenvalue weighted by Gasteiger charge is 2.19. The van der Waals surface area contributed by atoms with Gasteiger partial charge in [-0.2, -0.15) is 0 Å². The van der Waals surface area contributed by atoms with Crippen molar-refractivity contribution >= 4 is 11.8 Å². The molecule has 0 aromatic heterocycles. The van der Waals surface area contributed by atoms with Crippen LogP contribution in [-0.4, -0.2) is 35.6 Å².